The number of benzene rings is 1. The second-order valence-corrected chi connectivity index (χ2v) is 8.31. The van der Waals surface area contributed by atoms with Gasteiger partial charge in [-0.15, -0.1) is 0 Å². The van der Waals surface area contributed by atoms with Gasteiger partial charge in [0.1, 0.15) is 5.75 Å². The normalized spacial score (nSPS) is 21.3. The van der Waals surface area contributed by atoms with E-state index < -0.39 is 6.04 Å². The Hall–Kier alpha value is -2.08. The topological polar surface area (TPSA) is 61.9 Å². The molecule has 1 N–H and O–H groups in total. The van der Waals surface area contributed by atoms with Gasteiger partial charge < -0.3 is 15.0 Å². The Balaban J connectivity index is 1.71. The van der Waals surface area contributed by atoms with E-state index in [4.69, 9.17) is 4.74 Å². The lowest BCUT2D eigenvalue weighted by Gasteiger charge is -2.36. The first-order valence-electron chi connectivity index (χ1n) is 10.9. The summed E-state index contributed by atoms with van der Waals surface area (Å²) in [4.78, 5) is 29.8. The molecule has 2 heterocycles. The third-order valence-electron chi connectivity index (χ3n) is 6.46. The molecule has 6 nitrogen and oxygen atoms in total. The number of likely N-dealkylation sites (tertiary alicyclic amines) is 1. The largest absolute Gasteiger partial charge is 0.496 e. The fourth-order valence-corrected chi connectivity index (χ4v) is 4.43. The number of piperazine rings is 1. The van der Waals surface area contributed by atoms with E-state index in [0.717, 1.165) is 43.8 Å². The van der Waals surface area contributed by atoms with Crippen LogP contribution >= 0.6 is 0 Å². The van der Waals surface area contributed by atoms with Gasteiger partial charge in [0.05, 0.1) is 19.6 Å². The Morgan fingerprint density at radius 1 is 1.07 bits per heavy atom. The Morgan fingerprint density at radius 3 is 2.45 bits per heavy atom. The molecule has 29 heavy (non-hydrogen) atoms. The molecule has 2 aliphatic heterocycles. The molecule has 0 radical (unpaired) electrons. The molecule has 6 heteroatoms. The smallest absolute Gasteiger partial charge is 0.237 e. The van der Waals surface area contributed by atoms with Crippen LogP contribution in [0.15, 0.2) is 12.1 Å². The van der Waals surface area contributed by atoms with Crippen LogP contribution in [0.1, 0.15) is 55.2 Å². The summed E-state index contributed by atoms with van der Waals surface area (Å²) < 4.78 is 5.42. The molecule has 160 valence electrons. The zero-order chi connectivity index (χ0) is 20.8. The van der Waals surface area contributed by atoms with Crippen LogP contribution in [0.25, 0.3) is 0 Å². The van der Waals surface area contributed by atoms with E-state index in [0.29, 0.717) is 13.1 Å². The minimum Gasteiger partial charge on any atom is -0.496 e. The first-order chi connectivity index (χ1) is 14.0. The predicted molar refractivity (Wildman–Crippen MR) is 114 cm³/mol. The van der Waals surface area contributed by atoms with Crippen LogP contribution in [0.3, 0.4) is 0 Å². The van der Waals surface area contributed by atoms with Crippen molar-refractivity contribution in [3.8, 4) is 5.75 Å². The van der Waals surface area contributed by atoms with Crippen LogP contribution in [0.2, 0.25) is 0 Å². The highest BCUT2D eigenvalue weighted by molar-refractivity contribution is 5.88. The SMILES string of the molecule is COc1ccc(CN2CCNC(=O)[C@H]2CC(=O)N2CCCCCCC2)c(C)c1C. The first-order valence-corrected chi connectivity index (χ1v) is 10.9. The van der Waals surface area contributed by atoms with Crippen LogP contribution in [0.5, 0.6) is 5.75 Å². The van der Waals surface area contributed by atoms with Crippen LogP contribution in [-0.4, -0.2) is 60.9 Å². The highest BCUT2D eigenvalue weighted by Crippen LogP contribution is 2.26. The summed E-state index contributed by atoms with van der Waals surface area (Å²) in [5, 5.41) is 2.95. The molecule has 0 aromatic heterocycles. The van der Waals surface area contributed by atoms with Crippen molar-refractivity contribution in [2.24, 2.45) is 0 Å². The molecule has 1 aromatic rings. The van der Waals surface area contributed by atoms with E-state index in [1.807, 2.05) is 11.0 Å². The summed E-state index contributed by atoms with van der Waals surface area (Å²) in [6.07, 6.45) is 6.04. The molecule has 2 fully saturated rings. The number of carbonyl (C=O) groups is 2. The summed E-state index contributed by atoms with van der Waals surface area (Å²) in [6, 6.07) is 3.66. The van der Waals surface area contributed by atoms with Crippen molar-refractivity contribution in [3.05, 3.63) is 28.8 Å². The summed E-state index contributed by atoms with van der Waals surface area (Å²) in [5.41, 5.74) is 3.49. The lowest BCUT2D eigenvalue weighted by atomic mass is 9.99. The monoisotopic (exact) mass is 401 g/mol. The van der Waals surface area contributed by atoms with Crippen LogP contribution < -0.4 is 10.1 Å². The summed E-state index contributed by atoms with van der Waals surface area (Å²) >= 11 is 0. The second kappa shape index (κ2) is 10.1. The zero-order valence-corrected chi connectivity index (χ0v) is 18.1. The molecule has 3 rings (SSSR count). The number of rotatable bonds is 5. The van der Waals surface area contributed by atoms with E-state index in [2.05, 4.69) is 30.1 Å². The number of hydrogen-bond donors (Lipinski definition) is 1. The van der Waals surface area contributed by atoms with Crippen LogP contribution in [0, 0.1) is 13.8 Å². The quantitative estimate of drug-likeness (QED) is 0.824. The van der Waals surface area contributed by atoms with Crippen molar-refractivity contribution in [3.63, 3.8) is 0 Å². The van der Waals surface area contributed by atoms with Crippen LogP contribution in [-0.2, 0) is 16.1 Å². The predicted octanol–water partition coefficient (Wildman–Crippen LogP) is 2.80. The fourth-order valence-electron chi connectivity index (χ4n) is 4.43. The molecule has 2 saturated heterocycles. The Bertz CT molecular complexity index is 726. The van der Waals surface area contributed by atoms with Crippen LogP contribution in [0.4, 0.5) is 0 Å². The summed E-state index contributed by atoms with van der Waals surface area (Å²) in [7, 11) is 1.68. The minimum atomic E-state index is -0.400. The molecular weight excluding hydrogens is 366 g/mol. The molecule has 0 unspecified atom stereocenters. The number of methoxy groups -OCH3 is 1. The van der Waals surface area contributed by atoms with Gasteiger partial charge in [0, 0.05) is 32.7 Å². The zero-order valence-electron chi connectivity index (χ0n) is 18.1. The number of amides is 2. The number of hydrogen-bond acceptors (Lipinski definition) is 4. The number of ether oxygens (including phenoxy) is 1. The number of nitrogens with zero attached hydrogens (tertiary/aromatic N) is 2. The Labute approximate surface area is 174 Å². The van der Waals surface area contributed by atoms with Gasteiger partial charge in [0.2, 0.25) is 11.8 Å². The van der Waals surface area contributed by atoms with Crippen molar-refractivity contribution >= 4 is 11.8 Å². The van der Waals surface area contributed by atoms with Gasteiger partial charge in [0.25, 0.3) is 0 Å². The minimum absolute atomic E-state index is 0.0282. The molecule has 1 atom stereocenters. The first kappa shape index (κ1) is 21.6. The Morgan fingerprint density at radius 2 is 1.76 bits per heavy atom. The van der Waals surface area contributed by atoms with Gasteiger partial charge in [-0.05, 0) is 49.4 Å². The third-order valence-corrected chi connectivity index (χ3v) is 6.46. The van der Waals surface area contributed by atoms with E-state index >= 15 is 0 Å². The van der Waals surface area contributed by atoms with Crippen molar-refractivity contribution in [2.45, 2.75) is 65.0 Å². The maximum absolute atomic E-state index is 13.0. The van der Waals surface area contributed by atoms with E-state index in [9.17, 15) is 9.59 Å². The van der Waals surface area contributed by atoms with E-state index in [1.165, 1.54) is 30.4 Å². The van der Waals surface area contributed by atoms with E-state index in [1.54, 1.807) is 7.11 Å². The van der Waals surface area contributed by atoms with Crippen molar-refractivity contribution < 1.29 is 14.3 Å². The Kier molecular flexibility index (Phi) is 7.53. The lowest BCUT2D eigenvalue weighted by Crippen LogP contribution is -2.56. The van der Waals surface area contributed by atoms with Gasteiger partial charge in [-0.25, -0.2) is 0 Å². The molecule has 2 aliphatic rings. The highest BCUT2D eigenvalue weighted by atomic mass is 16.5. The molecule has 0 aliphatic carbocycles. The standard InChI is InChI=1S/C23H35N3O3/c1-17-18(2)21(29-3)10-9-19(17)16-26-14-11-24-23(28)20(26)15-22(27)25-12-7-5-4-6-8-13-25/h9-10,20H,4-8,11-16H2,1-3H3,(H,24,28)/t20-/m1/s1. The van der Waals surface area contributed by atoms with E-state index in [-0.39, 0.29) is 18.2 Å². The maximum atomic E-state index is 13.0. The van der Waals surface area contributed by atoms with Gasteiger partial charge in [0.15, 0.2) is 0 Å². The summed E-state index contributed by atoms with van der Waals surface area (Å²) in [5.74, 6) is 0.965. The summed E-state index contributed by atoms with van der Waals surface area (Å²) in [6.45, 7) is 7.85. The van der Waals surface area contributed by atoms with Gasteiger partial charge in [-0.3, -0.25) is 14.5 Å². The van der Waals surface area contributed by atoms with Crippen molar-refractivity contribution in [1.29, 1.82) is 0 Å². The molecule has 0 spiro atoms. The van der Waals surface area contributed by atoms with Gasteiger partial charge in [-0.2, -0.15) is 0 Å². The molecule has 0 bridgehead atoms. The number of carbonyl (C=O) groups excluding carboxylic acids is 2. The number of nitrogens with one attached hydrogen (secondary N) is 1. The van der Waals surface area contributed by atoms with Gasteiger partial charge in [-0.1, -0.05) is 25.3 Å². The molecule has 2 amide bonds. The molecular formula is C23H35N3O3. The third kappa shape index (κ3) is 5.30. The molecule has 1 aromatic carbocycles. The average Bonchev–Trinajstić information content (AvgIpc) is 2.68. The van der Waals surface area contributed by atoms with Gasteiger partial charge >= 0.3 is 0 Å². The second-order valence-electron chi connectivity index (χ2n) is 8.31. The van der Waals surface area contributed by atoms with Crippen molar-refractivity contribution in [1.82, 2.24) is 15.1 Å². The lowest BCUT2D eigenvalue weighted by molar-refractivity contribution is -0.139. The maximum Gasteiger partial charge on any atom is 0.237 e. The highest BCUT2D eigenvalue weighted by Gasteiger charge is 2.33. The van der Waals surface area contributed by atoms with Crippen molar-refractivity contribution in [2.75, 3.05) is 33.3 Å². The molecule has 0 saturated carbocycles. The fraction of sp³-hybridized carbons (Fsp3) is 0.652. The average molecular weight is 402 g/mol.